The Bertz CT molecular complexity index is 317. The van der Waals surface area contributed by atoms with Gasteiger partial charge < -0.3 is 0 Å². The molecule has 1 aromatic rings. The standard InChI is InChI=1S/C15H18/c1-2-4-6-8-14-10-12-15(13-11-14)9-7-5-3-1/h2-3,10-13H,4-9H2. The Balaban J connectivity index is 2.09. The Morgan fingerprint density at radius 3 is 1.67 bits per heavy atom. The molecule has 0 spiro atoms. The highest BCUT2D eigenvalue weighted by Crippen LogP contribution is 2.11. The van der Waals surface area contributed by atoms with Crippen molar-refractivity contribution in [3.05, 3.63) is 53.3 Å². The summed E-state index contributed by atoms with van der Waals surface area (Å²) in [6.45, 7) is 0. The van der Waals surface area contributed by atoms with Crippen molar-refractivity contribution in [2.45, 2.75) is 38.5 Å². The van der Waals surface area contributed by atoms with Crippen LogP contribution in [0.3, 0.4) is 0 Å². The van der Waals surface area contributed by atoms with Crippen LogP contribution in [0.4, 0.5) is 0 Å². The molecule has 3 rings (SSSR count). The maximum atomic E-state index is 3.26. The fourth-order valence-corrected chi connectivity index (χ4v) is 1.94. The first-order chi connectivity index (χ1) is 7.45. The van der Waals surface area contributed by atoms with Crippen molar-refractivity contribution in [3.8, 4) is 0 Å². The number of fused-ring (bicyclic) bond motifs is 8. The maximum absolute atomic E-state index is 3.26. The minimum Gasteiger partial charge on any atom is -0.130 e. The largest absolute Gasteiger partial charge is 0.130 e. The number of rotatable bonds is 0. The first-order valence-electron chi connectivity index (χ1n) is 5.92. The Hall–Kier alpha value is -1.26. The summed E-state index contributed by atoms with van der Waals surface area (Å²) >= 11 is 0. The molecule has 0 heterocycles. The lowest BCUT2D eigenvalue weighted by Gasteiger charge is -2.02. The van der Waals surface area contributed by atoms with E-state index in [0.29, 0.717) is 0 Å². The van der Waals surface area contributed by atoms with Gasteiger partial charge in [0.25, 0.3) is 0 Å². The number of hydrogen-bond donors (Lipinski definition) is 0. The van der Waals surface area contributed by atoms with Crippen molar-refractivity contribution in [3.63, 3.8) is 0 Å². The number of aryl methyl sites for hydroxylation is 2. The maximum Gasteiger partial charge on any atom is -0.0271 e. The molecular weight excluding hydrogens is 180 g/mol. The SMILES string of the molecule is C1=CCCCc2ccc(cc2)CCCC=1. The zero-order chi connectivity index (χ0) is 10.3. The molecule has 0 heteroatoms. The summed E-state index contributed by atoms with van der Waals surface area (Å²) in [7, 11) is 0. The van der Waals surface area contributed by atoms with E-state index in [4.69, 9.17) is 0 Å². The van der Waals surface area contributed by atoms with Gasteiger partial charge in [-0.2, -0.15) is 0 Å². The zero-order valence-electron chi connectivity index (χ0n) is 9.21. The van der Waals surface area contributed by atoms with Gasteiger partial charge in [0.1, 0.15) is 0 Å². The van der Waals surface area contributed by atoms with E-state index < -0.39 is 0 Å². The lowest BCUT2D eigenvalue weighted by atomic mass is 10.0. The van der Waals surface area contributed by atoms with Crippen LogP contribution in [0.25, 0.3) is 0 Å². The van der Waals surface area contributed by atoms with E-state index in [9.17, 15) is 0 Å². The molecule has 0 aromatic heterocycles. The second-order valence-electron chi connectivity index (χ2n) is 4.18. The average Bonchev–Trinajstić information content (AvgIpc) is 2.31. The van der Waals surface area contributed by atoms with E-state index >= 15 is 0 Å². The van der Waals surface area contributed by atoms with Crippen LogP contribution < -0.4 is 0 Å². The fraction of sp³-hybridized carbons (Fsp3) is 0.400. The lowest BCUT2D eigenvalue weighted by molar-refractivity contribution is 0.838. The summed E-state index contributed by atoms with van der Waals surface area (Å²) in [5.74, 6) is 0. The molecule has 2 aliphatic carbocycles. The Kier molecular flexibility index (Phi) is 3.82. The summed E-state index contributed by atoms with van der Waals surface area (Å²) in [4.78, 5) is 0. The molecule has 0 saturated heterocycles. The highest BCUT2D eigenvalue weighted by molar-refractivity contribution is 5.22. The molecule has 0 nitrogen and oxygen atoms in total. The summed E-state index contributed by atoms with van der Waals surface area (Å²) < 4.78 is 0. The molecule has 0 atom stereocenters. The van der Waals surface area contributed by atoms with Crippen LogP contribution in [0.1, 0.15) is 36.8 Å². The van der Waals surface area contributed by atoms with Gasteiger partial charge in [-0.25, -0.2) is 0 Å². The zero-order valence-corrected chi connectivity index (χ0v) is 9.21. The molecule has 0 saturated carbocycles. The van der Waals surface area contributed by atoms with Crippen LogP contribution in [-0.2, 0) is 12.8 Å². The van der Waals surface area contributed by atoms with Crippen LogP contribution in [0.2, 0.25) is 0 Å². The molecule has 15 heavy (non-hydrogen) atoms. The third-order valence-electron chi connectivity index (χ3n) is 2.89. The second kappa shape index (κ2) is 5.58. The smallest absolute Gasteiger partial charge is 0.0271 e. The van der Waals surface area contributed by atoms with E-state index in [1.807, 2.05) is 0 Å². The molecular formula is C15H18. The van der Waals surface area contributed by atoms with Gasteiger partial charge in [0.15, 0.2) is 0 Å². The van der Waals surface area contributed by atoms with Crippen molar-refractivity contribution in [2.24, 2.45) is 0 Å². The van der Waals surface area contributed by atoms with Crippen molar-refractivity contribution < 1.29 is 0 Å². The molecule has 0 unspecified atom stereocenters. The topological polar surface area (TPSA) is 0 Å². The van der Waals surface area contributed by atoms with E-state index in [1.54, 1.807) is 0 Å². The van der Waals surface area contributed by atoms with Gasteiger partial charge in [-0.3, -0.25) is 0 Å². The molecule has 0 aliphatic heterocycles. The highest BCUT2D eigenvalue weighted by atomic mass is 14.0. The van der Waals surface area contributed by atoms with Gasteiger partial charge in [0.05, 0.1) is 0 Å². The number of benzene rings is 1. The van der Waals surface area contributed by atoms with Crippen LogP contribution in [0.15, 0.2) is 42.1 Å². The molecule has 0 fully saturated rings. The van der Waals surface area contributed by atoms with E-state index in [2.05, 4.69) is 42.1 Å². The quantitative estimate of drug-likeness (QED) is 0.551. The van der Waals surface area contributed by atoms with E-state index in [-0.39, 0.29) is 0 Å². The summed E-state index contributed by atoms with van der Waals surface area (Å²) in [6.07, 6.45) is 11.5. The van der Waals surface area contributed by atoms with E-state index in [0.717, 1.165) is 12.8 Å². The van der Waals surface area contributed by atoms with E-state index in [1.165, 1.54) is 36.8 Å². The van der Waals surface area contributed by atoms with Crippen molar-refractivity contribution in [1.82, 2.24) is 0 Å². The predicted octanol–water partition coefficient (Wildman–Crippen LogP) is 4.06. The van der Waals surface area contributed by atoms with Crippen LogP contribution >= 0.6 is 0 Å². The van der Waals surface area contributed by atoms with Gasteiger partial charge in [-0.1, -0.05) is 24.3 Å². The summed E-state index contributed by atoms with van der Waals surface area (Å²) in [6, 6.07) is 9.13. The monoisotopic (exact) mass is 198 g/mol. The lowest BCUT2D eigenvalue weighted by Crippen LogP contribution is -1.87. The predicted molar refractivity (Wildman–Crippen MR) is 65.0 cm³/mol. The molecule has 0 amide bonds. The fourth-order valence-electron chi connectivity index (χ4n) is 1.94. The first kappa shape index (κ1) is 10.3. The van der Waals surface area contributed by atoms with Crippen molar-refractivity contribution in [1.29, 1.82) is 0 Å². The van der Waals surface area contributed by atoms with Gasteiger partial charge >= 0.3 is 0 Å². The number of hydrogen-bond acceptors (Lipinski definition) is 0. The molecule has 2 bridgehead atoms. The van der Waals surface area contributed by atoms with Gasteiger partial charge in [-0.05, 0) is 61.8 Å². The third kappa shape index (κ3) is 3.42. The Labute approximate surface area is 92.3 Å². The van der Waals surface area contributed by atoms with Gasteiger partial charge in [-0.15, -0.1) is 5.73 Å². The second-order valence-corrected chi connectivity index (χ2v) is 4.18. The van der Waals surface area contributed by atoms with Crippen LogP contribution in [-0.4, -0.2) is 0 Å². The summed E-state index contributed by atoms with van der Waals surface area (Å²) in [5.41, 5.74) is 6.20. The molecule has 0 N–H and O–H groups in total. The Morgan fingerprint density at radius 2 is 1.20 bits per heavy atom. The van der Waals surface area contributed by atoms with Crippen molar-refractivity contribution in [2.75, 3.05) is 0 Å². The molecule has 1 aromatic carbocycles. The normalized spacial score (nSPS) is 16.8. The number of allylic oxidation sites excluding steroid dienone is 1. The Morgan fingerprint density at radius 1 is 0.733 bits per heavy atom. The molecule has 78 valence electrons. The highest BCUT2D eigenvalue weighted by Gasteiger charge is 1.95. The van der Waals surface area contributed by atoms with Crippen molar-refractivity contribution >= 4 is 0 Å². The van der Waals surface area contributed by atoms with Gasteiger partial charge in [0.2, 0.25) is 0 Å². The minimum atomic E-state index is 1.15. The average molecular weight is 198 g/mol. The van der Waals surface area contributed by atoms with Gasteiger partial charge in [0, 0.05) is 0 Å². The van der Waals surface area contributed by atoms with Crippen LogP contribution in [0, 0.1) is 0 Å². The molecule has 0 radical (unpaired) electrons. The first-order valence-corrected chi connectivity index (χ1v) is 5.92. The molecule has 2 aliphatic rings. The minimum absolute atomic E-state index is 1.15. The summed E-state index contributed by atoms with van der Waals surface area (Å²) in [5, 5.41) is 0. The third-order valence-corrected chi connectivity index (χ3v) is 2.89. The van der Waals surface area contributed by atoms with Crippen LogP contribution in [0.5, 0.6) is 0 Å².